The summed E-state index contributed by atoms with van der Waals surface area (Å²) < 4.78 is 38.8. The Kier molecular flexibility index (Phi) is 5.81. The zero-order chi connectivity index (χ0) is 23.0. The molecular formula is C23H17F3N4OS2. The summed E-state index contributed by atoms with van der Waals surface area (Å²) in [6, 6.07) is 16.4. The summed E-state index contributed by atoms with van der Waals surface area (Å²) in [4.78, 5) is 13.4. The van der Waals surface area contributed by atoms with Gasteiger partial charge in [-0.05, 0) is 49.4 Å². The number of aryl methyl sites for hydroxylation is 1. The number of rotatable bonds is 4. The largest absolute Gasteiger partial charge is 0.416 e. The van der Waals surface area contributed by atoms with E-state index in [1.54, 1.807) is 11.3 Å². The molecule has 33 heavy (non-hydrogen) atoms. The van der Waals surface area contributed by atoms with Crippen molar-refractivity contribution in [2.45, 2.75) is 29.1 Å². The molecule has 1 aliphatic rings. The number of thiophene rings is 1. The average Bonchev–Trinajstić information content (AvgIpc) is 3.25. The maximum absolute atomic E-state index is 12.9. The van der Waals surface area contributed by atoms with Crippen molar-refractivity contribution in [1.82, 2.24) is 15.7 Å². The third kappa shape index (κ3) is 4.59. The first-order valence-corrected chi connectivity index (χ1v) is 11.6. The minimum Gasteiger partial charge on any atom is -0.272 e. The highest BCUT2D eigenvalue weighted by molar-refractivity contribution is 7.99. The zero-order valence-electron chi connectivity index (χ0n) is 17.3. The molecule has 0 aliphatic carbocycles. The van der Waals surface area contributed by atoms with Crippen LogP contribution in [0, 0.1) is 6.92 Å². The van der Waals surface area contributed by atoms with Crippen LogP contribution in [0.3, 0.4) is 0 Å². The van der Waals surface area contributed by atoms with Gasteiger partial charge >= 0.3 is 6.18 Å². The van der Waals surface area contributed by atoms with E-state index in [-0.39, 0.29) is 6.04 Å². The topological polar surface area (TPSA) is 59.4 Å². The summed E-state index contributed by atoms with van der Waals surface area (Å²) in [6.07, 6.45) is -4.38. The van der Waals surface area contributed by atoms with Gasteiger partial charge in [-0.2, -0.15) is 13.2 Å². The monoisotopic (exact) mass is 486 g/mol. The van der Waals surface area contributed by atoms with Crippen molar-refractivity contribution < 1.29 is 18.0 Å². The van der Waals surface area contributed by atoms with Gasteiger partial charge in [0.1, 0.15) is 17.7 Å². The smallest absolute Gasteiger partial charge is 0.272 e. The quantitative estimate of drug-likeness (QED) is 0.373. The molecule has 0 radical (unpaired) electrons. The molecule has 5 nitrogen and oxygen atoms in total. The van der Waals surface area contributed by atoms with Crippen LogP contribution in [0.2, 0.25) is 0 Å². The molecule has 0 saturated carbocycles. The number of amidine groups is 1. The number of hydroxylamine groups is 1. The highest BCUT2D eigenvalue weighted by Crippen LogP contribution is 2.36. The highest BCUT2D eigenvalue weighted by atomic mass is 32.2. The lowest BCUT2D eigenvalue weighted by atomic mass is 10.1. The van der Waals surface area contributed by atoms with Gasteiger partial charge in [-0.25, -0.2) is 5.48 Å². The first kappa shape index (κ1) is 21.9. The van der Waals surface area contributed by atoms with Crippen molar-refractivity contribution in [3.63, 3.8) is 0 Å². The molecule has 4 aromatic rings. The van der Waals surface area contributed by atoms with Gasteiger partial charge in [0.15, 0.2) is 5.84 Å². The van der Waals surface area contributed by atoms with E-state index in [1.807, 2.05) is 43.3 Å². The van der Waals surface area contributed by atoms with E-state index >= 15 is 0 Å². The van der Waals surface area contributed by atoms with Gasteiger partial charge in [0, 0.05) is 20.0 Å². The fourth-order valence-corrected chi connectivity index (χ4v) is 5.25. The van der Waals surface area contributed by atoms with Gasteiger partial charge in [-0.3, -0.25) is 9.83 Å². The van der Waals surface area contributed by atoms with Gasteiger partial charge in [0.05, 0.1) is 16.6 Å². The van der Waals surface area contributed by atoms with Gasteiger partial charge < -0.3 is 0 Å². The van der Waals surface area contributed by atoms with Crippen LogP contribution in [0.15, 0.2) is 75.6 Å². The van der Waals surface area contributed by atoms with Crippen LogP contribution in [0.5, 0.6) is 0 Å². The molecule has 5 rings (SSSR count). The van der Waals surface area contributed by atoms with Gasteiger partial charge in [0.2, 0.25) is 0 Å². The lowest BCUT2D eigenvalue weighted by molar-refractivity contribution is -0.137. The van der Waals surface area contributed by atoms with Crippen LogP contribution in [0.1, 0.15) is 26.9 Å². The molecular weight excluding hydrogens is 469 g/mol. The maximum atomic E-state index is 12.9. The summed E-state index contributed by atoms with van der Waals surface area (Å²) in [5.41, 5.74) is 3.60. The van der Waals surface area contributed by atoms with Crippen molar-refractivity contribution in [2.24, 2.45) is 4.99 Å². The molecule has 0 spiro atoms. The lowest BCUT2D eigenvalue weighted by Crippen LogP contribution is -2.33. The molecule has 168 valence electrons. The summed E-state index contributed by atoms with van der Waals surface area (Å²) >= 11 is 2.89. The van der Waals surface area contributed by atoms with Crippen molar-refractivity contribution in [3.05, 3.63) is 81.5 Å². The molecule has 10 heteroatoms. The lowest BCUT2D eigenvalue weighted by Gasteiger charge is -2.23. The Morgan fingerprint density at radius 1 is 1.03 bits per heavy atom. The predicted molar refractivity (Wildman–Crippen MR) is 123 cm³/mol. The van der Waals surface area contributed by atoms with E-state index < -0.39 is 11.7 Å². The minimum atomic E-state index is -4.38. The number of hydrogen-bond acceptors (Lipinski definition) is 7. The Balaban J connectivity index is 1.57. The Morgan fingerprint density at radius 2 is 1.82 bits per heavy atom. The van der Waals surface area contributed by atoms with Crippen LogP contribution in [-0.4, -0.2) is 22.6 Å². The predicted octanol–water partition coefficient (Wildman–Crippen LogP) is 6.19. The summed E-state index contributed by atoms with van der Waals surface area (Å²) in [5, 5.41) is 10.0. The third-order valence-electron chi connectivity index (χ3n) is 5.05. The second kappa shape index (κ2) is 8.77. The second-order valence-corrected chi connectivity index (χ2v) is 9.76. The van der Waals surface area contributed by atoms with Gasteiger partial charge in [-0.1, -0.05) is 30.0 Å². The number of nitrogens with one attached hydrogen (secondary N) is 1. The van der Waals surface area contributed by atoms with Crippen LogP contribution in [-0.2, 0) is 11.0 Å². The van der Waals surface area contributed by atoms with Crippen molar-refractivity contribution in [1.29, 1.82) is 0 Å². The summed E-state index contributed by atoms with van der Waals surface area (Å²) in [6.45, 7) is 2.43. The highest BCUT2D eigenvalue weighted by Gasteiger charge is 2.30. The third-order valence-corrected chi connectivity index (χ3v) is 7.14. The standard InChI is InChI=1S/C23H17F3N4OS2/c1-13-6-11-19(32-13)18-12-31-30-21(27-18)20-16-4-2-3-5-17(16)28-29-22(20)33-15-9-7-14(8-10-15)23(24,25)26/h2-11,18H,12H2,1H3,(H,27,30)/t18-/m1/s1. The molecule has 2 aromatic heterocycles. The number of aliphatic imine (C=N–C) groups is 1. The molecule has 0 unspecified atom stereocenters. The normalized spacial score (nSPS) is 16.5. The second-order valence-electron chi connectivity index (χ2n) is 7.38. The van der Waals surface area contributed by atoms with E-state index in [1.165, 1.54) is 28.8 Å². The molecule has 0 saturated heterocycles. The fourth-order valence-electron chi connectivity index (χ4n) is 3.46. The molecule has 0 amide bonds. The SMILES string of the molecule is Cc1ccc([C@H]2CONC(c3c(Sc4ccc(C(F)(F)F)cc4)nnc4ccccc34)=N2)s1. The summed E-state index contributed by atoms with van der Waals surface area (Å²) in [7, 11) is 0. The maximum Gasteiger partial charge on any atom is 0.416 e. The molecule has 3 heterocycles. The van der Waals surface area contributed by atoms with E-state index in [0.717, 1.165) is 22.4 Å². The number of benzene rings is 2. The van der Waals surface area contributed by atoms with Crippen LogP contribution in [0.4, 0.5) is 13.2 Å². The molecule has 1 atom stereocenters. The van der Waals surface area contributed by atoms with E-state index in [4.69, 9.17) is 9.83 Å². The van der Waals surface area contributed by atoms with Crippen LogP contribution >= 0.6 is 23.1 Å². The molecule has 2 aromatic carbocycles. The Bertz CT molecular complexity index is 1340. The van der Waals surface area contributed by atoms with Crippen molar-refractivity contribution in [2.75, 3.05) is 6.61 Å². The Hall–Kier alpha value is -2.95. The van der Waals surface area contributed by atoms with E-state index in [2.05, 4.69) is 15.7 Å². The van der Waals surface area contributed by atoms with E-state index in [0.29, 0.717) is 33.4 Å². The Labute approximate surface area is 195 Å². The minimum absolute atomic E-state index is 0.171. The van der Waals surface area contributed by atoms with Gasteiger partial charge in [0.25, 0.3) is 0 Å². The fraction of sp³-hybridized carbons (Fsp3) is 0.174. The molecule has 1 N–H and O–H groups in total. The number of halogens is 3. The van der Waals surface area contributed by atoms with Crippen LogP contribution in [0.25, 0.3) is 10.9 Å². The number of aromatic nitrogens is 2. The van der Waals surface area contributed by atoms with Crippen molar-refractivity contribution >= 4 is 39.8 Å². The first-order chi connectivity index (χ1) is 15.9. The zero-order valence-corrected chi connectivity index (χ0v) is 18.9. The number of alkyl halides is 3. The van der Waals surface area contributed by atoms with Crippen molar-refractivity contribution in [3.8, 4) is 0 Å². The number of fused-ring (bicyclic) bond motifs is 1. The Morgan fingerprint density at radius 3 is 2.55 bits per heavy atom. The van der Waals surface area contributed by atoms with Gasteiger partial charge in [-0.15, -0.1) is 21.5 Å². The molecule has 0 bridgehead atoms. The molecule has 1 aliphatic heterocycles. The molecule has 0 fully saturated rings. The van der Waals surface area contributed by atoms with Crippen LogP contribution < -0.4 is 5.48 Å². The number of nitrogens with zero attached hydrogens (tertiary/aromatic N) is 3. The van der Waals surface area contributed by atoms with E-state index in [9.17, 15) is 13.2 Å². The number of hydrogen-bond donors (Lipinski definition) is 1. The first-order valence-electron chi connectivity index (χ1n) is 10.0. The average molecular weight is 487 g/mol. The summed E-state index contributed by atoms with van der Waals surface area (Å²) in [5.74, 6) is 0.512.